The number of hydrogen-bond acceptors (Lipinski definition) is 5. The summed E-state index contributed by atoms with van der Waals surface area (Å²) >= 11 is 0. The van der Waals surface area contributed by atoms with E-state index in [4.69, 9.17) is 10.5 Å². The summed E-state index contributed by atoms with van der Waals surface area (Å²) in [5.41, 5.74) is 6.19. The van der Waals surface area contributed by atoms with E-state index in [1.54, 1.807) is 6.08 Å². The average Bonchev–Trinajstić information content (AvgIpc) is 3.00. The molecular formula is C16H18F2N4O2. The number of ether oxygens (including phenoxy) is 1. The minimum atomic E-state index is -2.62. The van der Waals surface area contributed by atoms with Crippen molar-refractivity contribution in [1.29, 1.82) is 0 Å². The molecule has 0 amide bonds. The van der Waals surface area contributed by atoms with Gasteiger partial charge in [0.1, 0.15) is 18.1 Å². The van der Waals surface area contributed by atoms with Crippen molar-refractivity contribution in [3.63, 3.8) is 0 Å². The molecule has 1 fully saturated rings. The first-order valence-electron chi connectivity index (χ1n) is 7.77. The number of nitrogens with one attached hydrogen (secondary N) is 1. The van der Waals surface area contributed by atoms with Crippen molar-refractivity contribution >= 4 is 16.8 Å². The number of aromatic nitrogens is 3. The van der Waals surface area contributed by atoms with Gasteiger partial charge >= 0.3 is 0 Å². The first-order chi connectivity index (χ1) is 11.5. The summed E-state index contributed by atoms with van der Waals surface area (Å²) in [6.45, 7) is 0.254. The fourth-order valence-electron chi connectivity index (χ4n) is 2.77. The number of nitrogens with two attached hydrogens (primary N) is 1. The lowest BCUT2D eigenvalue weighted by Gasteiger charge is -2.28. The van der Waals surface area contributed by atoms with Crippen molar-refractivity contribution in [2.24, 2.45) is 5.73 Å². The largest absolute Gasteiger partial charge is 0.474 e. The third-order valence-corrected chi connectivity index (χ3v) is 4.05. The molecule has 0 aromatic carbocycles. The Morgan fingerprint density at radius 1 is 1.42 bits per heavy atom. The number of ketones is 1. The van der Waals surface area contributed by atoms with Crippen LogP contribution in [0, 0.1) is 0 Å². The van der Waals surface area contributed by atoms with Crippen molar-refractivity contribution in [1.82, 2.24) is 15.0 Å². The Morgan fingerprint density at radius 3 is 2.88 bits per heavy atom. The molecule has 1 aliphatic rings. The molecule has 2 aromatic rings. The maximum atomic E-state index is 13.3. The smallest absolute Gasteiger partial charge is 0.248 e. The highest BCUT2D eigenvalue weighted by Crippen LogP contribution is 2.36. The van der Waals surface area contributed by atoms with Crippen LogP contribution >= 0.6 is 0 Å². The molecule has 6 nitrogen and oxygen atoms in total. The molecule has 2 aromatic heterocycles. The zero-order chi connectivity index (χ0) is 17.2. The summed E-state index contributed by atoms with van der Waals surface area (Å²) < 4.78 is 32.3. The van der Waals surface area contributed by atoms with Crippen LogP contribution in [0.3, 0.4) is 0 Å². The van der Waals surface area contributed by atoms with Gasteiger partial charge in [-0.1, -0.05) is 6.08 Å². The first-order valence-corrected chi connectivity index (χ1v) is 7.77. The lowest BCUT2D eigenvalue weighted by Crippen LogP contribution is -2.31. The zero-order valence-electron chi connectivity index (χ0n) is 13.0. The number of carbonyl (C=O) groups excluding carboxylic acids is 1. The van der Waals surface area contributed by atoms with E-state index < -0.39 is 5.92 Å². The van der Waals surface area contributed by atoms with Crippen molar-refractivity contribution in [3.05, 3.63) is 30.2 Å². The fourth-order valence-corrected chi connectivity index (χ4v) is 2.77. The summed E-state index contributed by atoms with van der Waals surface area (Å²) in [4.78, 5) is 23.3. The highest BCUT2D eigenvalue weighted by molar-refractivity contribution is 6.13. The standard InChI is InChI=1S/C16H18F2N4O2/c17-16(18)5-3-10(4-6-16)24-15-13-11(12(23)2-1-7-19)8-20-14(13)21-9-22-15/h1-2,8-10H,3-7,19H2,(H,20,21,22)/b2-1+. The van der Waals surface area contributed by atoms with E-state index in [1.807, 2.05) is 0 Å². The molecule has 2 heterocycles. The van der Waals surface area contributed by atoms with Crippen LogP contribution in [0.1, 0.15) is 36.0 Å². The van der Waals surface area contributed by atoms with Gasteiger partial charge in [0.15, 0.2) is 5.78 Å². The van der Waals surface area contributed by atoms with E-state index in [0.717, 1.165) is 0 Å². The molecule has 1 aliphatic carbocycles. The van der Waals surface area contributed by atoms with Gasteiger partial charge in [0.2, 0.25) is 11.8 Å². The van der Waals surface area contributed by atoms with E-state index in [-0.39, 0.29) is 50.0 Å². The number of aromatic amines is 1. The third kappa shape index (κ3) is 3.43. The highest BCUT2D eigenvalue weighted by atomic mass is 19.3. The Labute approximate surface area is 137 Å². The first kappa shape index (κ1) is 16.5. The van der Waals surface area contributed by atoms with Gasteiger partial charge in [0.05, 0.1) is 10.9 Å². The second-order valence-corrected chi connectivity index (χ2v) is 5.78. The molecular weight excluding hydrogens is 318 g/mol. The third-order valence-electron chi connectivity index (χ3n) is 4.05. The van der Waals surface area contributed by atoms with E-state index in [0.29, 0.717) is 16.6 Å². The average molecular weight is 336 g/mol. The number of nitrogens with zero attached hydrogens (tertiary/aromatic N) is 2. The molecule has 0 spiro atoms. The van der Waals surface area contributed by atoms with Crippen molar-refractivity contribution in [3.8, 4) is 5.88 Å². The van der Waals surface area contributed by atoms with Crippen LogP contribution in [-0.4, -0.2) is 39.3 Å². The van der Waals surface area contributed by atoms with Gasteiger partial charge < -0.3 is 15.5 Å². The molecule has 0 atom stereocenters. The topological polar surface area (TPSA) is 93.9 Å². The number of alkyl halides is 2. The number of allylic oxidation sites excluding steroid dienone is 1. The molecule has 128 valence electrons. The number of H-pyrrole nitrogens is 1. The number of hydrogen-bond donors (Lipinski definition) is 2. The van der Waals surface area contributed by atoms with E-state index >= 15 is 0 Å². The zero-order valence-corrected chi connectivity index (χ0v) is 13.0. The number of halogens is 2. The molecule has 0 saturated heterocycles. The lowest BCUT2D eigenvalue weighted by molar-refractivity contribution is -0.0586. The summed E-state index contributed by atoms with van der Waals surface area (Å²) in [5, 5.41) is 0.460. The van der Waals surface area contributed by atoms with Gasteiger partial charge in [-0.2, -0.15) is 0 Å². The van der Waals surface area contributed by atoms with E-state index in [9.17, 15) is 13.6 Å². The Balaban J connectivity index is 1.87. The van der Waals surface area contributed by atoms with Crippen molar-refractivity contribution in [2.75, 3.05) is 6.54 Å². The highest BCUT2D eigenvalue weighted by Gasteiger charge is 2.36. The van der Waals surface area contributed by atoms with Crippen LogP contribution in [0.15, 0.2) is 24.7 Å². The Kier molecular flexibility index (Phi) is 4.57. The van der Waals surface area contributed by atoms with Crippen molar-refractivity contribution in [2.45, 2.75) is 37.7 Å². The normalized spacial score (nSPS) is 18.3. The second kappa shape index (κ2) is 6.64. The summed E-state index contributed by atoms with van der Waals surface area (Å²) in [5.74, 6) is -2.63. The van der Waals surface area contributed by atoms with Gasteiger partial charge in [-0.05, 0) is 18.9 Å². The Morgan fingerprint density at radius 2 is 2.17 bits per heavy atom. The predicted molar refractivity (Wildman–Crippen MR) is 84.2 cm³/mol. The maximum Gasteiger partial charge on any atom is 0.248 e. The second-order valence-electron chi connectivity index (χ2n) is 5.78. The fraction of sp³-hybridized carbons (Fsp3) is 0.438. The molecule has 0 bridgehead atoms. The Hall–Kier alpha value is -2.35. The predicted octanol–water partition coefficient (Wildman–Crippen LogP) is 2.61. The Bertz CT molecular complexity index is 763. The molecule has 3 N–H and O–H groups in total. The molecule has 8 heteroatoms. The molecule has 0 aliphatic heterocycles. The monoisotopic (exact) mass is 336 g/mol. The molecule has 0 unspecified atom stereocenters. The summed E-state index contributed by atoms with van der Waals surface area (Å²) in [7, 11) is 0. The van der Waals surface area contributed by atoms with Crippen LogP contribution in [0.25, 0.3) is 11.0 Å². The SMILES string of the molecule is NC/C=C/C(=O)c1c[nH]c2ncnc(OC3CCC(F)(F)CC3)c12. The number of fused-ring (bicyclic) bond motifs is 1. The number of carbonyl (C=O) groups is 1. The van der Waals surface area contributed by atoms with Crippen LogP contribution in [0.4, 0.5) is 8.78 Å². The van der Waals surface area contributed by atoms with E-state index in [2.05, 4.69) is 15.0 Å². The minimum Gasteiger partial charge on any atom is -0.474 e. The maximum absolute atomic E-state index is 13.3. The molecule has 3 rings (SSSR count). The van der Waals surface area contributed by atoms with Gasteiger partial charge in [0.25, 0.3) is 0 Å². The van der Waals surface area contributed by atoms with Crippen LogP contribution < -0.4 is 10.5 Å². The lowest BCUT2D eigenvalue weighted by atomic mass is 9.94. The van der Waals surface area contributed by atoms with Crippen LogP contribution in [0.5, 0.6) is 5.88 Å². The van der Waals surface area contributed by atoms with E-state index in [1.165, 1.54) is 18.6 Å². The number of rotatable bonds is 5. The summed E-state index contributed by atoms with van der Waals surface area (Å²) in [6, 6.07) is 0. The van der Waals surface area contributed by atoms with Gasteiger partial charge in [-0.15, -0.1) is 0 Å². The molecule has 0 radical (unpaired) electrons. The van der Waals surface area contributed by atoms with Crippen LogP contribution in [0.2, 0.25) is 0 Å². The quantitative estimate of drug-likeness (QED) is 0.646. The summed E-state index contributed by atoms with van der Waals surface area (Å²) in [6.07, 6.45) is 5.52. The van der Waals surface area contributed by atoms with Gasteiger partial charge in [-0.3, -0.25) is 4.79 Å². The molecule has 1 saturated carbocycles. The minimum absolute atomic E-state index is 0.204. The van der Waals surface area contributed by atoms with Gasteiger partial charge in [0, 0.05) is 25.6 Å². The molecule has 24 heavy (non-hydrogen) atoms. The van der Waals surface area contributed by atoms with Crippen molar-refractivity contribution < 1.29 is 18.3 Å². The van der Waals surface area contributed by atoms with Crippen LogP contribution in [-0.2, 0) is 0 Å². The van der Waals surface area contributed by atoms with Gasteiger partial charge in [-0.25, -0.2) is 18.7 Å².